The Morgan fingerprint density at radius 1 is 0.867 bits per heavy atom. The first-order chi connectivity index (χ1) is 14.5. The van der Waals surface area contributed by atoms with Gasteiger partial charge in [0.2, 0.25) is 0 Å². The maximum atomic E-state index is 13.3. The predicted molar refractivity (Wildman–Crippen MR) is 117 cm³/mol. The number of rotatable bonds is 4. The van der Waals surface area contributed by atoms with Gasteiger partial charge in [0.1, 0.15) is 5.70 Å². The number of halogens is 1. The number of carbonyl (C=O) groups excluding carboxylic acids is 2. The molecule has 0 radical (unpaired) electrons. The third-order valence-corrected chi connectivity index (χ3v) is 5.04. The molecule has 30 heavy (non-hydrogen) atoms. The molecule has 1 aliphatic heterocycles. The SMILES string of the molecule is Cc1ccc(NC2=C(c3ccc(Cl)cc3)C(=O)N(c3ccc(C#N)cc3)C2=O)cc1. The fourth-order valence-corrected chi connectivity index (χ4v) is 3.36. The molecule has 0 aromatic heterocycles. The maximum absolute atomic E-state index is 13.3. The van der Waals surface area contributed by atoms with Gasteiger partial charge in [-0.2, -0.15) is 5.26 Å². The third kappa shape index (κ3) is 3.57. The highest BCUT2D eigenvalue weighted by Gasteiger charge is 2.40. The summed E-state index contributed by atoms with van der Waals surface area (Å²) in [6.45, 7) is 1.97. The first-order valence-corrected chi connectivity index (χ1v) is 9.58. The van der Waals surface area contributed by atoms with E-state index in [1.54, 1.807) is 48.5 Å². The van der Waals surface area contributed by atoms with Crippen LogP contribution in [0.15, 0.2) is 78.5 Å². The summed E-state index contributed by atoms with van der Waals surface area (Å²) in [6.07, 6.45) is 0. The molecule has 0 aliphatic carbocycles. The van der Waals surface area contributed by atoms with Crippen molar-refractivity contribution in [1.29, 1.82) is 5.26 Å². The van der Waals surface area contributed by atoms with E-state index in [-0.39, 0.29) is 11.3 Å². The molecule has 5 nitrogen and oxygen atoms in total. The predicted octanol–water partition coefficient (Wildman–Crippen LogP) is 4.92. The molecule has 0 unspecified atom stereocenters. The minimum absolute atomic E-state index is 0.190. The van der Waals surface area contributed by atoms with Crippen LogP contribution in [0.25, 0.3) is 5.57 Å². The highest BCUT2D eigenvalue weighted by atomic mass is 35.5. The number of nitrogens with one attached hydrogen (secondary N) is 1. The van der Waals surface area contributed by atoms with Gasteiger partial charge in [-0.1, -0.05) is 41.4 Å². The van der Waals surface area contributed by atoms with E-state index in [1.165, 1.54) is 0 Å². The van der Waals surface area contributed by atoms with Gasteiger partial charge in [0.05, 0.1) is 22.9 Å². The van der Waals surface area contributed by atoms with Gasteiger partial charge in [0, 0.05) is 10.7 Å². The van der Waals surface area contributed by atoms with Crippen LogP contribution in [0.5, 0.6) is 0 Å². The average molecular weight is 414 g/mol. The van der Waals surface area contributed by atoms with Gasteiger partial charge in [-0.3, -0.25) is 9.59 Å². The summed E-state index contributed by atoms with van der Waals surface area (Å²) < 4.78 is 0. The fraction of sp³-hybridized carbons (Fsp3) is 0.0417. The van der Waals surface area contributed by atoms with Gasteiger partial charge < -0.3 is 5.32 Å². The smallest absolute Gasteiger partial charge is 0.282 e. The van der Waals surface area contributed by atoms with E-state index in [2.05, 4.69) is 5.32 Å². The molecule has 0 spiro atoms. The zero-order valence-electron chi connectivity index (χ0n) is 16.0. The summed E-state index contributed by atoms with van der Waals surface area (Å²) in [7, 11) is 0. The van der Waals surface area contributed by atoms with E-state index in [1.807, 2.05) is 37.3 Å². The van der Waals surface area contributed by atoms with Gasteiger partial charge in [0.25, 0.3) is 11.8 Å². The Morgan fingerprint density at radius 3 is 2.10 bits per heavy atom. The quantitative estimate of drug-likeness (QED) is 0.616. The topological polar surface area (TPSA) is 73.2 Å². The Morgan fingerprint density at radius 2 is 1.50 bits per heavy atom. The van der Waals surface area contributed by atoms with E-state index in [0.717, 1.165) is 10.5 Å². The number of hydrogen-bond acceptors (Lipinski definition) is 4. The zero-order valence-corrected chi connectivity index (χ0v) is 16.8. The Bertz CT molecular complexity index is 1210. The molecular formula is C24H16ClN3O2. The number of imide groups is 1. The van der Waals surface area contributed by atoms with Crippen molar-refractivity contribution in [1.82, 2.24) is 0 Å². The highest BCUT2D eigenvalue weighted by Crippen LogP contribution is 2.34. The van der Waals surface area contributed by atoms with Crippen LogP contribution < -0.4 is 10.2 Å². The number of carbonyl (C=O) groups is 2. The van der Waals surface area contributed by atoms with Crippen molar-refractivity contribution in [2.24, 2.45) is 0 Å². The molecule has 1 aliphatic rings. The van der Waals surface area contributed by atoms with E-state index in [4.69, 9.17) is 16.9 Å². The Balaban J connectivity index is 1.80. The van der Waals surface area contributed by atoms with Gasteiger partial charge in [-0.25, -0.2) is 4.90 Å². The molecule has 6 heteroatoms. The van der Waals surface area contributed by atoms with Crippen molar-refractivity contribution in [3.63, 3.8) is 0 Å². The normalized spacial score (nSPS) is 13.6. The average Bonchev–Trinajstić information content (AvgIpc) is 3.00. The van der Waals surface area contributed by atoms with E-state index < -0.39 is 11.8 Å². The number of benzene rings is 3. The van der Waals surface area contributed by atoms with Crippen molar-refractivity contribution in [3.05, 3.63) is 100 Å². The molecule has 0 atom stereocenters. The van der Waals surface area contributed by atoms with Crippen LogP contribution in [0.2, 0.25) is 5.02 Å². The van der Waals surface area contributed by atoms with E-state index >= 15 is 0 Å². The fourth-order valence-electron chi connectivity index (χ4n) is 3.23. The molecule has 1 N–H and O–H groups in total. The molecule has 4 rings (SSSR count). The summed E-state index contributed by atoms with van der Waals surface area (Å²) in [5.74, 6) is -0.906. The van der Waals surface area contributed by atoms with Crippen molar-refractivity contribution < 1.29 is 9.59 Å². The lowest BCUT2D eigenvalue weighted by atomic mass is 10.0. The number of anilines is 2. The maximum Gasteiger partial charge on any atom is 0.282 e. The number of hydrogen-bond donors (Lipinski definition) is 1. The molecule has 0 bridgehead atoms. The molecule has 146 valence electrons. The monoisotopic (exact) mass is 413 g/mol. The second-order valence-electron chi connectivity index (χ2n) is 6.85. The van der Waals surface area contributed by atoms with Crippen LogP contribution in [0.3, 0.4) is 0 Å². The Labute approximate surface area is 178 Å². The number of amides is 2. The van der Waals surface area contributed by atoms with Crippen LogP contribution in [-0.2, 0) is 9.59 Å². The van der Waals surface area contributed by atoms with Crippen molar-refractivity contribution in [2.45, 2.75) is 6.92 Å². The minimum atomic E-state index is -0.463. The molecule has 1 heterocycles. The highest BCUT2D eigenvalue weighted by molar-refractivity contribution is 6.46. The largest absolute Gasteiger partial charge is 0.350 e. The number of nitriles is 1. The second kappa shape index (κ2) is 7.86. The van der Waals surface area contributed by atoms with Crippen molar-refractivity contribution in [3.8, 4) is 6.07 Å². The zero-order chi connectivity index (χ0) is 21.3. The Hall–Kier alpha value is -3.88. The molecule has 0 saturated heterocycles. The number of aryl methyl sites for hydroxylation is 1. The molecule has 3 aromatic carbocycles. The lowest BCUT2D eigenvalue weighted by Gasteiger charge is -2.15. The van der Waals surface area contributed by atoms with Crippen LogP contribution >= 0.6 is 11.6 Å². The molecule has 0 saturated carbocycles. The molecule has 2 amide bonds. The summed E-state index contributed by atoms with van der Waals surface area (Å²) in [5, 5.41) is 12.7. The summed E-state index contributed by atoms with van der Waals surface area (Å²) >= 11 is 6.00. The van der Waals surface area contributed by atoms with E-state index in [0.29, 0.717) is 27.5 Å². The lowest BCUT2D eigenvalue weighted by molar-refractivity contribution is -0.120. The van der Waals surface area contributed by atoms with Crippen LogP contribution in [0, 0.1) is 18.3 Å². The van der Waals surface area contributed by atoms with Gasteiger partial charge >= 0.3 is 0 Å². The standard InChI is InChI=1S/C24H16ClN3O2/c1-15-2-10-19(11-3-15)27-22-21(17-6-8-18(25)9-7-17)23(29)28(24(22)30)20-12-4-16(14-26)5-13-20/h2-13,27H,1H3. The van der Waals surface area contributed by atoms with Gasteiger partial charge in [-0.05, 0) is 61.0 Å². The summed E-state index contributed by atoms with van der Waals surface area (Å²) in [5.41, 5.74) is 3.67. The molecule has 0 fully saturated rings. The third-order valence-electron chi connectivity index (χ3n) is 4.79. The first-order valence-electron chi connectivity index (χ1n) is 9.21. The van der Waals surface area contributed by atoms with Gasteiger partial charge in [-0.15, -0.1) is 0 Å². The second-order valence-corrected chi connectivity index (χ2v) is 7.29. The summed E-state index contributed by atoms with van der Waals surface area (Å²) in [6, 6.07) is 22.7. The van der Waals surface area contributed by atoms with Crippen LogP contribution in [-0.4, -0.2) is 11.8 Å². The summed E-state index contributed by atoms with van der Waals surface area (Å²) in [4.78, 5) is 27.7. The molecular weight excluding hydrogens is 398 g/mol. The molecule has 3 aromatic rings. The minimum Gasteiger partial charge on any atom is -0.350 e. The van der Waals surface area contributed by atoms with E-state index in [9.17, 15) is 9.59 Å². The van der Waals surface area contributed by atoms with Crippen LogP contribution in [0.4, 0.5) is 11.4 Å². The number of nitrogens with zero attached hydrogens (tertiary/aromatic N) is 2. The van der Waals surface area contributed by atoms with Gasteiger partial charge in [0.15, 0.2) is 0 Å². The first kappa shape index (κ1) is 19.4. The Kier molecular flexibility index (Phi) is 5.09. The lowest BCUT2D eigenvalue weighted by Crippen LogP contribution is -2.32. The van der Waals surface area contributed by atoms with Crippen molar-refractivity contribution in [2.75, 3.05) is 10.2 Å². The van der Waals surface area contributed by atoms with Crippen LogP contribution in [0.1, 0.15) is 16.7 Å². The van der Waals surface area contributed by atoms with Crippen molar-refractivity contribution >= 4 is 40.4 Å².